The van der Waals surface area contributed by atoms with E-state index in [9.17, 15) is 4.79 Å². The van der Waals surface area contributed by atoms with Crippen LogP contribution in [0.5, 0.6) is 0 Å². The van der Waals surface area contributed by atoms with Crippen LogP contribution in [0.25, 0.3) is 5.13 Å². The molecule has 9 nitrogen and oxygen atoms in total. The average Bonchev–Trinajstić information content (AvgIpc) is 3.30. The van der Waals surface area contributed by atoms with Crippen molar-refractivity contribution in [3.8, 4) is 5.13 Å². The van der Waals surface area contributed by atoms with Crippen LogP contribution >= 0.6 is 11.3 Å². The second kappa shape index (κ2) is 8.88. The van der Waals surface area contributed by atoms with Crippen LogP contribution in [0, 0.1) is 0 Å². The van der Waals surface area contributed by atoms with E-state index in [1.165, 1.54) is 11.3 Å². The first kappa shape index (κ1) is 19.3. The molecule has 3 N–H and O–H groups in total. The number of carbonyl (C=O) groups is 1. The van der Waals surface area contributed by atoms with Gasteiger partial charge in [-0.15, -0.1) is 5.10 Å². The Kier molecular flexibility index (Phi) is 6.85. The van der Waals surface area contributed by atoms with Crippen molar-refractivity contribution >= 4 is 23.2 Å². The number of rotatable bonds is 4. The highest BCUT2D eigenvalue weighted by Crippen LogP contribution is 2.22. The minimum atomic E-state index is -0.299. The van der Waals surface area contributed by atoms with Gasteiger partial charge in [0.2, 0.25) is 11.1 Å². The quantitative estimate of drug-likeness (QED) is 0.837. The minimum Gasteiger partial charge on any atom is -0.378 e. The largest absolute Gasteiger partial charge is 0.378 e. The van der Waals surface area contributed by atoms with Crippen molar-refractivity contribution in [2.75, 3.05) is 38.7 Å². The molecule has 0 radical (unpaired) electrons. The van der Waals surface area contributed by atoms with Gasteiger partial charge < -0.3 is 20.7 Å². The number of morpholine rings is 1. The highest BCUT2D eigenvalue weighted by Gasteiger charge is 2.23. The van der Waals surface area contributed by atoms with Crippen molar-refractivity contribution in [1.82, 2.24) is 24.6 Å². The molecule has 0 bridgehead atoms. The molecule has 2 aromatic heterocycles. The van der Waals surface area contributed by atoms with Gasteiger partial charge in [0.15, 0.2) is 5.82 Å². The van der Waals surface area contributed by atoms with Crippen molar-refractivity contribution in [1.29, 1.82) is 0 Å². The molecule has 3 rings (SSSR count). The van der Waals surface area contributed by atoms with Crippen molar-refractivity contribution in [3.63, 3.8) is 0 Å². The molecule has 0 aromatic carbocycles. The van der Waals surface area contributed by atoms with Gasteiger partial charge in [0, 0.05) is 20.1 Å². The molecule has 25 heavy (non-hydrogen) atoms. The fourth-order valence-corrected chi connectivity index (χ4v) is 3.09. The van der Waals surface area contributed by atoms with Crippen LogP contribution in [0.1, 0.15) is 42.3 Å². The van der Waals surface area contributed by atoms with Gasteiger partial charge >= 0.3 is 0 Å². The first-order chi connectivity index (χ1) is 12.1. The van der Waals surface area contributed by atoms with Gasteiger partial charge in [0.25, 0.3) is 5.91 Å². The lowest BCUT2D eigenvalue weighted by Gasteiger charge is -2.26. The summed E-state index contributed by atoms with van der Waals surface area (Å²) < 4.78 is 6.85. The van der Waals surface area contributed by atoms with Crippen LogP contribution in [0.3, 0.4) is 0 Å². The molecule has 2 aromatic rings. The van der Waals surface area contributed by atoms with Crippen LogP contribution in [-0.2, 0) is 4.74 Å². The first-order valence-electron chi connectivity index (χ1n) is 8.33. The Bertz CT molecular complexity index is 692. The fraction of sp³-hybridized carbons (Fsp3) is 0.600. The third kappa shape index (κ3) is 4.33. The van der Waals surface area contributed by atoms with E-state index < -0.39 is 0 Å². The number of nitrogens with two attached hydrogens (primary N) is 1. The lowest BCUT2D eigenvalue weighted by molar-refractivity contribution is 0.0306. The number of thiazole rings is 1. The third-order valence-electron chi connectivity index (χ3n) is 3.45. The summed E-state index contributed by atoms with van der Waals surface area (Å²) in [6, 6.07) is -0.299. The summed E-state index contributed by atoms with van der Waals surface area (Å²) in [5.41, 5.74) is 5.94. The zero-order valence-electron chi connectivity index (χ0n) is 15.0. The number of hydrogen-bond acceptors (Lipinski definition) is 8. The number of anilines is 1. The molecule has 1 amide bonds. The molecule has 1 aliphatic heterocycles. The molecule has 0 unspecified atom stereocenters. The van der Waals surface area contributed by atoms with Gasteiger partial charge in [-0.3, -0.25) is 4.79 Å². The van der Waals surface area contributed by atoms with Gasteiger partial charge in [-0.25, -0.2) is 4.98 Å². The van der Waals surface area contributed by atoms with Gasteiger partial charge in [-0.2, -0.15) is 9.67 Å². The van der Waals surface area contributed by atoms with E-state index in [0.717, 1.165) is 0 Å². The fourth-order valence-electron chi connectivity index (χ4n) is 2.25. The number of carbonyl (C=O) groups excluding carboxylic acids is 1. The van der Waals surface area contributed by atoms with Gasteiger partial charge in [-0.1, -0.05) is 25.2 Å². The Morgan fingerprint density at radius 3 is 2.68 bits per heavy atom. The molecular formula is C15H25N7O2S. The molecule has 1 saturated heterocycles. The predicted octanol–water partition coefficient (Wildman–Crippen LogP) is 1.28. The molecule has 10 heteroatoms. The van der Waals surface area contributed by atoms with Crippen LogP contribution < -0.4 is 11.1 Å². The standard InChI is InChI=1S/C13H19N7O2S.C2H6/c1-8(14)10-17-12(15-2)18-20(10)13-16-7-9(23-13)11(21)19-3-5-22-6-4-19;1-2/h7-8H,3-6,14H2,1-2H3,(H,15,18);1-2H3/t8-;/m0./s1. The molecule has 0 aliphatic carbocycles. The number of nitrogens with zero attached hydrogens (tertiary/aromatic N) is 5. The van der Waals surface area contributed by atoms with E-state index in [0.29, 0.717) is 48.1 Å². The molecule has 0 saturated carbocycles. The number of nitrogens with one attached hydrogen (secondary N) is 1. The number of amides is 1. The Labute approximate surface area is 151 Å². The first-order valence-corrected chi connectivity index (χ1v) is 9.15. The van der Waals surface area contributed by atoms with E-state index in [1.54, 1.807) is 22.8 Å². The maximum atomic E-state index is 12.5. The Morgan fingerprint density at radius 2 is 2.08 bits per heavy atom. The monoisotopic (exact) mass is 367 g/mol. The van der Waals surface area contributed by atoms with Gasteiger partial charge in [0.05, 0.1) is 25.5 Å². The summed E-state index contributed by atoms with van der Waals surface area (Å²) in [7, 11) is 1.74. The SMILES string of the molecule is CC.CNc1nc([C@H](C)N)n(-c2ncc(C(=O)N3CCOCC3)s2)n1. The van der Waals surface area contributed by atoms with Crippen molar-refractivity contribution in [2.45, 2.75) is 26.8 Å². The van der Waals surface area contributed by atoms with Crippen LogP contribution in [0.4, 0.5) is 5.95 Å². The molecule has 1 fully saturated rings. The van der Waals surface area contributed by atoms with Crippen molar-refractivity contribution in [3.05, 3.63) is 16.9 Å². The Morgan fingerprint density at radius 1 is 1.40 bits per heavy atom. The normalized spacial score (nSPS) is 15.3. The number of aromatic nitrogens is 4. The van der Waals surface area contributed by atoms with Crippen molar-refractivity contribution < 1.29 is 9.53 Å². The Balaban J connectivity index is 0.00000109. The summed E-state index contributed by atoms with van der Waals surface area (Å²) in [5.74, 6) is 1.02. The molecule has 3 heterocycles. The van der Waals surface area contributed by atoms with E-state index in [1.807, 2.05) is 20.8 Å². The smallest absolute Gasteiger partial charge is 0.265 e. The minimum absolute atomic E-state index is 0.0339. The highest BCUT2D eigenvalue weighted by atomic mass is 32.1. The van der Waals surface area contributed by atoms with E-state index >= 15 is 0 Å². The van der Waals surface area contributed by atoms with Gasteiger partial charge in [0.1, 0.15) is 4.88 Å². The summed E-state index contributed by atoms with van der Waals surface area (Å²) in [6.45, 7) is 8.17. The lowest BCUT2D eigenvalue weighted by atomic mass is 10.3. The van der Waals surface area contributed by atoms with E-state index in [4.69, 9.17) is 10.5 Å². The summed E-state index contributed by atoms with van der Waals surface area (Å²) in [4.78, 5) is 23.5. The topological polar surface area (TPSA) is 111 Å². The third-order valence-corrected chi connectivity index (χ3v) is 4.41. The molecule has 138 valence electrons. The zero-order chi connectivity index (χ0) is 18.4. The zero-order valence-corrected chi connectivity index (χ0v) is 15.8. The molecule has 0 spiro atoms. The van der Waals surface area contributed by atoms with Crippen LogP contribution in [-0.4, -0.2) is 63.9 Å². The maximum absolute atomic E-state index is 12.5. The number of ether oxygens (including phenoxy) is 1. The van der Waals surface area contributed by atoms with Gasteiger partial charge in [-0.05, 0) is 6.92 Å². The summed E-state index contributed by atoms with van der Waals surface area (Å²) >= 11 is 1.28. The van der Waals surface area contributed by atoms with E-state index in [-0.39, 0.29) is 11.9 Å². The second-order valence-corrected chi connectivity index (χ2v) is 6.16. The predicted molar refractivity (Wildman–Crippen MR) is 97.3 cm³/mol. The van der Waals surface area contributed by atoms with E-state index in [2.05, 4.69) is 20.4 Å². The Hall–Kier alpha value is -2.04. The molecule has 1 atom stereocenters. The molecule has 1 aliphatic rings. The average molecular weight is 367 g/mol. The van der Waals surface area contributed by atoms with Crippen LogP contribution in [0.15, 0.2) is 6.20 Å². The number of hydrogen-bond donors (Lipinski definition) is 2. The van der Waals surface area contributed by atoms with Crippen molar-refractivity contribution in [2.24, 2.45) is 5.73 Å². The maximum Gasteiger partial charge on any atom is 0.265 e. The lowest BCUT2D eigenvalue weighted by Crippen LogP contribution is -2.40. The summed E-state index contributed by atoms with van der Waals surface area (Å²) in [5, 5.41) is 7.78. The highest BCUT2D eigenvalue weighted by molar-refractivity contribution is 7.16. The van der Waals surface area contributed by atoms with Crippen LogP contribution in [0.2, 0.25) is 0 Å². The second-order valence-electron chi connectivity index (χ2n) is 5.16. The molecular weight excluding hydrogens is 342 g/mol. The summed E-state index contributed by atoms with van der Waals surface area (Å²) in [6.07, 6.45) is 1.57.